The van der Waals surface area contributed by atoms with Crippen molar-refractivity contribution in [2.45, 2.75) is 168 Å². The van der Waals surface area contributed by atoms with Crippen molar-refractivity contribution in [3.05, 3.63) is 47.6 Å². The molecule has 4 fully saturated rings. The van der Waals surface area contributed by atoms with Crippen molar-refractivity contribution >= 4 is 16.6 Å². The highest BCUT2D eigenvalue weighted by Crippen LogP contribution is 2.59. The molecule has 0 aromatic heterocycles. The van der Waals surface area contributed by atoms with Crippen molar-refractivity contribution in [2.75, 3.05) is 0 Å². The van der Waals surface area contributed by atoms with Gasteiger partial charge in [-0.05, 0) is 128 Å². The van der Waals surface area contributed by atoms with Crippen molar-refractivity contribution in [3.63, 3.8) is 0 Å². The first-order valence-electron chi connectivity index (χ1n) is 18.0. The number of aliphatic hydroxyl groups is 1. The van der Waals surface area contributed by atoms with Crippen LogP contribution in [0, 0.1) is 29.1 Å². The van der Waals surface area contributed by atoms with Crippen molar-refractivity contribution in [2.24, 2.45) is 29.1 Å². The molecule has 250 valence electrons. The minimum Gasteiger partial charge on any atom is -0.413 e. The maximum Gasteiger partial charge on any atom is 0.192 e. The van der Waals surface area contributed by atoms with Gasteiger partial charge in [-0.15, -0.1) is 0 Å². The first kappa shape index (κ1) is 36.1. The maximum atomic E-state index is 10.5. The molecule has 0 spiro atoms. The fourth-order valence-corrected chi connectivity index (χ4v) is 10.6. The van der Waals surface area contributed by atoms with Gasteiger partial charge in [0.15, 0.2) is 16.6 Å². The molecule has 4 aliphatic carbocycles. The van der Waals surface area contributed by atoms with Crippen LogP contribution in [0.1, 0.15) is 113 Å². The van der Waals surface area contributed by atoms with E-state index in [1.807, 2.05) is 0 Å². The molecule has 0 radical (unpaired) electrons. The second-order valence-electron chi connectivity index (χ2n) is 18.4. The second kappa shape index (κ2) is 13.1. The third-order valence-electron chi connectivity index (χ3n) is 13.1. The molecule has 4 saturated carbocycles. The Morgan fingerprint density at radius 2 is 1.52 bits per heavy atom. The average Bonchev–Trinajstić information content (AvgIpc) is 3.68. The molecule has 0 amide bonds. The zero-order valence-electron chi connectivity index (χ0n) is 30.7. The third kappa shape index (κ3) is 7.86. The Morgan fingerprint density at radius 3 is 2.11 bits per heavy atom. The van der Waals surface area contributed by atoms with E-state index < -0.39 is 16.6 Å². The van der Waals surface area contributed by atoms with Crippen LogP contribution < -0.4 is 0 Å². The van der Waals surface area contributed by atoms with Crippen LogP contribution in [0.4, 0.5) is 0 Å². The highest BCUT2D eigenvalue weighted by atomic mass is 28.4. The summed E-state index contributed by atoms with van der Waals surface area (Å²) in [5.74, 6) is 2.35. The van der Waals surface area contributed by atoms with Gasteiger partial charge in [0.2, 0.25) is 0 Å². The summed E-state index contributed by atoms with van der Waals surface area (Å²) in [6, 6.07) is 0. The van der Waals surface area contributed by atoms with Gasteiger partial charge in [0.1, 0.15) is 0 Å². The Kier molecular flexibility index (Phi) is 10.7. The van der Waals surface area contributed by atoms with Gasteiger partial charge in [0.05, 0.1) is 18.3 Å². The smallest absolute Gasteiger partial charge is 0.192 e. The molecule has 0 aliphatic heterocycles. The second-order valence-corrected chi connectivity index (χ2v) is 27.9. The summed E-state index contributed by atoms with van der Waals surface area (Å²) in [5, 5.41) is 10.8. The zero-order valence-corrected chi connectivity index (χ0v) is 32.7. The van der Waals surface area contributed by atoms with E-state index in [0.717, 1.165) is 12.8 Å². The van der Waals surface area contributed by atoms with E-state index in [4.69, 9.17) is 8.85 Å². The molecule has 7 atom stereocenters. The molecular weight excluding hydrogens is 573 g/mol. The summed E-state index contributed by atoms with van der Waals surface area (Å²) in [7, 11) is -3.90. The van der Waals surface area contributed by atoms with Crippen LogP contribution in [-0.4, -0.2) is 40.1 Å². The summed E-state index contributed by atoms with van der Waals surface area (Å²) >= 11 is 0. The predicted octanol–water partition coefficient (Wildman–Crippen LogP) is 11.1. The Morgan fingerprint density at radius 1 is 0.909 bits per heavy atom. The lowest BCUT2D eigenvalue weighted by Crippen LogP contribution is -2.49. The summed E-state index contributed by atoms with van der Waals surface area (Å²) < 4.78 is 14.2. The molecule has 3 nitrogen and oxygen atoms in total. The van der Waals surface area contributed by atoms with E-state index in [0.29, 0.717) is 29.1 Å². The van der Waals surface area contributed by atoms with E-state index in [1.165, 1.54) is 56.1 Å². The molecule has 0 heterocycles. The van der Waals surface area contributed by atoms with Gasteiger partial charge in [-0.1, -0.05) is 91.8 Å². The minimum absolute atomic E-state index is 0.0233. The molecule has 5 heteroatoms. The lowest BCUT2D eigenvalue weighted by molar-refractivity contribution is 0.0969. The molecule has 0 aromatic rings. The van der Waals surface area contributed by atoms with Crippen LogP contribution in [0.5, 0.6) is 0 Å². The quantitative estimate of drug-likeness (QED) is 0.201. The summed E-state index contributed by atoms with van der Waals surface area (Å²) in [4.78, 5) is 0. The molecule has 44 heavy (non-hydrogen) atoms. The van der Waals surface area contributed by atoms with Crippen molar-refractivity contribution in [1.29, 1.82) is 0 Å². The van der Waals surface area contributed by atoms with Crippen LogP contribution in [0.15, 0.2) is 47.6 Å². The van der Waals surface area contributed by atoms with Crippen molar-refractivity contribution < 1.29 is 14.0 Å². The minimum atomic E-state index is -1.98. The average molecular weight is 641 g/mol. The summed E-state index contributed by atoms with van der Waals surface area (Å²) in [6.45, 7) is 33.2. The topological polar surface area (TPSA) is 38.7 Å². The van der Waals surface area contributed by atoms with Crippen LogP contribution >= 0.6 is 0 Å². The van der Waals surface area contributed by atoms with Crippen molar-refractivity contribution in [3.8, 4) is 0 Å². The number of allylic oxidation sites excluding steroid dienone is 4. The number of hydrogen-bond donors (Lipinski definition) is 1. The fourth-order valence-electron chi connectivity index (χ4n) is 7.93. The third-order valence-corrected chi connectivity index (χ3v) is 22.1. The van der Waals surface area contributed by atoms with Gasteiger partial charge in [-0.2, -0.15) is 0 Å². The monoisotopic (exact) mass is 640 g/mol. The number of aliphatic hydroxyl groups excluding tert-OH is 1. The lowest BCUT2D eigenvalue weighted by Gasteiger charge is -2.45. The van der Waals surface area contributed by atoms with E-state index in [-0.39, 0.29) is 28.4 Å². The highest BCUT2D eigenvalue weighted by Gasteiger charge is 2.50. The Hall–Kier alpha value is -0.726. The predicted molar refractivity (Wildman–Crippen MR) is 194 cm³/mol. The van der Waals surface area contributed by atoms with E-state index in [2.05, 4.69) is 112 Å². The fraction of sp³-hybridized carbons (Fsp3) is 0.795. The summed E-state index contributed by atoms with van der Waals surface area (Å²) in [5.41, 5.74) is 4.49. The van der Waals surface area contributed by atoms with Crippen LogP contribution in [-0.2, 0) is 8.85 Å². The van der Waals surface area contributed by atoms with E-state index in [1.54, 1.807) is 5.57 Å². The maximum absolute atomic E-state index is 10.5. The molecular formula is C39H68O3Si2. The van der Waals surface area contributed by atoms with Gasteiger partial charge in [0, 0.05) is 6.42 Å². The Balaban J connectivity index is 1.57. The first-order valence-corrected chi connectivity index (χ1v) is 23.8. The Bertz CT molecular complexity index is 1130. The number of fused-ring (bicyclic) bond motifs is 1. The van der Waals surface area contributed by atoms with Crippen LogP contribution in [0.2, 0.25) is 36.3 Å². The largest absolute Gasteiger partial charge is 0.413 e. The van der Waals surface area contributed by atoms with Crippen molar-refractivity contribution in [1.82, 2.24) is 0 Å². The molecule has 0 bridgehead atoms. The molecule has 0 aromatic carbocycles. The number of hydrogen-bond acceptors (Lipinski definition) is 3. The zero-order chi connectivity index (χ0) is 32.9. The molecule has 4 rings (SSSR count). The van der Waals surface area contributed by atoms with Crippen LogP contribution in [0.25, 0.3) is 0 Å². The van der Waals surface area contributed by atoms with Gasteiger partial charge in [-0.25, -0.2) is 0 Å². The highest BCUT2D eigenvalue weighted by molar-refractivity contribution is 6.74. The van der Waals surface area contributed by atoms with E-state index in [9.17, 15) is 5.11 Å². The van der Waals surface area contributed by atoms with Gasteiger partial charge in [-0.3, -0.25) is 0 Å². The summed E-state index contributed by atoms with van der Waals surface area (Å²) in [6.07, 6.45) is 19.9. The van der Waals surface area contributed by atoms with E-state index >= 15 is 0 Å². The normalized spacial score (nSPS) is 34.2. The van der Waals surface area contributed by atoms with Gasteiger partial charge in [0.25, 0.3) is 0 Å². The molecule has 1 unspecified atom stereocenters. The SMILES string of the molecule is C=C1/C(=C\C=C2/CCC[C@]3(C)[C@@H]([C@H](C)/C=C/C(O)C4CC4)CC[C@@H]23)C[C@@H](O[Si](C)(C)C(C)(C)C)C[C@@H]1O[Si](C)(C)C(C)(C)C. The molecule has 0 saturated heterocycles. The first-order chi connectivity index (χ1) is 20.2. The van der Waals surface area contributed by atoms with Gasteiger partial charge < -0.3 is 14.0 Å². The molecule has 1 N–H and O–H groups in total. The lowest BCUT2D eigenvalue weighted by atomic mass is 9.61. The van der Waals surface area contributed by atoms with Gasteiger partial charge >= 0.3 is 0 Å². The number of rotatable bonds is 9. The standard InChI is InChI=1S/C39H68O3Si2/c1-27(16-23-35(40)30-18-19-30)33-21-22-34-29(15-14-24-39(33,34)9)17-20-31-25-32(41-43(10,11)37(3,4)5)26-36(28(31)2)42-44(12,13)38(6,7)8/h16-17,20,23,27,30,32-36,40H,2,14-15,18-19,21-22,24-26H2,1,3-13H3/b23-16+,29-17+,31-20-/t27-,32-,33-,34+,35?,36+,39-/m1/s1. The molecule has 4 aliphatic rings. The van der Waals surface area contributed by atoms with Crippen LogP contribution in [0.3, 0.4) is 0 Å². The Labute approximate surface area is 274 Å².